The minimum absolute atomic E-state index is 0.349. The molecule has 1 fully saturated rings. The Labute approximate surface area is 86.0 Å². The molecule has 1 heterocycles. The van der Waals surface area contributed by atoms with Crippen molar-refractivity contribution >= 4 is 12.6 Å². The second kappa shape index (κ2) is 5.68. The van der Waals surface area contributed by atoms with E-state index in [1.165, 1.54) is 5.57 Å². The number of aliphatic hydroxyl groups excluding tert-OH is 1. The minimum Gasteiger partial charge on any atom is -0.396 e. The molecular formula is C10H19NOS. The van der Waals surface area contributed by atoms with Gasteiger partial charge in [-0.3, -0.25) is 4.90 Å². The highest BCUT2D eigenvalue weighted by Gasteiger charge is 2.18. The van der Waals surface area contributed by atoms with Gasteiger partial charge in [0.15, 0.2) is 0 Å². The summed E-state index contributed by atoms with van der Waals surface area (Å²) in [7, 11) is 0. The van der Waals surface area contributed by atoms with E-state index in [0.717, 1.165) is 38.2 Å². The van der Waals surface area contributed by atoms with Crippen molar-refractivity contribution in [2.75, 3.05) is 32.0 Å². The third kappa shape index (κ3) is 3.71. The molecular weight excluding hydrogens is 182 g/mol. The molecule has 2 nitrogen and oxygen atoms in total. The van der Waals surface area contributed by atoms with Crippen LogP contribution in [0.3, 0.4) is 0 Å². The van der Waals surface area contributed by atoms with E-state index in [4.69, 9.17) is 5.11 Å². The van der Waals surface area contributed by atoms with Gasteiger partial charge in [0.05, 0.1) is 0 Å². The van der Waals surface area contributed by atoms with E-state index in [2.05, 4.69) is 24.1 Å². The molecule has 1 aliphatic heterocycles. The third-order valence-corrected chi connectivity index (χ3v) is 3.08. The fraction of sp³-hybridized carbons (Fsp3) is 0.800. The Balaban J connectivity index is 2.21. The average Bonchev–Trinajstić information content (AvgIpc) is 2.19. The summed E-state index contributed by atoms with van der Waals surface area (Å²) in [6.07, 6.45) is 2.24. The van der Waals surface area contributed by atoms with Crippen LogP contribution in [0.4, 0.5) is 0 Å². The number of piperidine rings is 1. The lowest BCUT2D eigenvalue weighted by molar-refractivity contribution is 0.138. The zero-order valence-electron chi connectivity index (χ0n) is 8.08. The number of likely N-dealkylation sites (tertiary alicyclic amines) is 1. The molecule has 0 aliphatic carbocycles. The van der Waals surface area contributed by atoms with E-state index in [1.54, 1.807) is 0 Å². The largest absolute Gasteiger partial charge is 0.396 e. The van der Waals surface area contributed by atoms with Crippen LogP contribution in [-0.4, -0.2) is 42.0 Å². The van der Waals surface area contributed by atoms with Crippen LogP contribution in [0.1, 0.15) is 12.8 Å². The average molecular weight is 201 g/mol. The maximum atomic E-state index is 8.96. The van der Waals surface area contributed by atoms with Crippen LogP contribution in [0.15, 0.2) is 12.2 Å². The van der Waals surface area contributed by atoms with Crippen molar-refractivity contribution in [3.05, 3.63) is 12.2 Å². The summed E-state index contributed by atoms with van der Waals surface area (Å²) in [5.41, 5.74) is 1.19. The molecule has 1 aliphatic rings. The van der Waals surface area contributed by atoms with Gasteiger partial charge in [-0.15, -0.1) is 0 Å². The van der Waals surface area contributed by atoms with Crippen LogP contribution in [0, 0.1) is 5.92 Å². The van der Waals surface area contributed by atoms with Crippen LogP contribution >= 0.6 is 12.6 Å². The molecule has 0 radical (unpaired) electrons. The van der Waals surface area contributed by atoms with Gasteiger partial charge in [0.2, 0.25) is 0 Å². The van der Waals surface area contributed by atoms with Crippen molar-refractivity contribution in [3.8, 4) is 0 Å². The second-order valence-electron chi connectivity index (χ2n) is 3.81. The zero-order chi connectivity index (χ0) is 9.68. The molecule has 0 unspecified atom stereocenters. The molecule has 1 saturated heterocycles. The highest BCUT2D eigenvalue weighted by Crippen LogP contribution is 2.16. The van der Waals surface area contributed by atoms with E-state index in [1.807, 2.05) is 0 Å². The number of hydrogen-bond donors (Lipinski definition) is 2. The lowest BCUT2D eigenvalue weighted by Gasteiger charge is -2.31. The summed E-state index contributed by atoms with van der Waals surface area (Å²) in [6.45, 7) is 7.45. The van der Waals surface area contributed by atoms with Crippen LogP contribution in [-0.2, 0) is 0 Å². The van der Waals surface area contributed by atoms with E-state index in [0.29, 0.717) is 12.5 Å². The maximum Gasteiger partial charge on any atom is 0.0460 e. The van der Waals surface area contributed by atoms with Crippen molar-refractivity contribution in [2.45, 2.75) is 12.8 Å². The highest BCUT2D eigenvalue weighted by atomic mass is 32.1. The number of thiol groups is 1. The van der Waals surface area contributed by atoms with Gasteiger partial charge in [0, 0.05) is 18.9 Å². The smallest absolute Gasteiger partial charge is 0.0460 e. The van der Waals surface area contributed by atoms with Gasteiger partial charge in [0.1, 0.15) is 0 Å². The summed E-state index contributed by atoms with van der Waals surface area (Å²) in [5.74, 6) is 1.31. The first kappa shape index (κ1) is 11.1. The Bertz CT molecular complexity index is 164. The molecule has 3 heteroatoms. The number of rotatable bonds is 4. The molecule has 1 rings (SSSR count). The van der Waals surface area contributed by atoms with E-state index in [9.17, 15) is 0 Å². The third-order valence-electron chi connectivity index (χ3n) is 2.64. The van der Waals surface area contributed by atoms with Gasteiger partial charge in [0.25, 0.3) is 0 Å². The molecule has 0 bridgehead atoms. The Morgan fingerprint density at radius 3 is 2.54 bits per heavy atom. The van der Waals surface area contributed by atoms with Crippen LogP contribution in [0.5, 0.6) is 0 Å². The molecule has 0 saturated carbocycles. The predicted molar refractivity (Wildman–Crippen MR) is 59.2 cm³/mol. The molecule has 1 N–H and O–H groups in total. The van der Waals surface area contributed by atoms with Gasteiger partial charge in [-0.25, -0.2) is 0 Å². The van der Waals surface area contributed by atoms with E-state index < -0.39 is 0 Å². The molecule has 0 aromatic rings. The Morgan fingerprint density at radius 1 is 1.46 bits per heavy atom. The van der Waals surface area contributed by atoms with Gasteiger partial charge < -0.3 is 5.11 Å². The lowest BCUT2D eigenvalue weighted by Crippen LogP contribution is -2.36. The molecule has 0 aromatic carbocycles. The molecule has 0 aromatic heterocycles. The SMILES string of the molecule is C=C(CS)CN1CCC(CO)CC1. The van der Waals surface area contributed by atoms with Crippen molar-refractivity contribution < 1.29 is 5.11 Å². The molecule has 0 amide bonds. The summed E-state index contributed by atoms with van der Waals surface area (Å²) >= 11 is 4.19. The first-order valence-corrected chi connectivity index (χ1v) is 5.50. The number of aliphatic hydroxyl groups is 1. The van der Waals surface area contributed by atoms with Crippen LogP contribution in [0.2, 0.25) is 0 Å². The van der Waals surface area contributed by atoms with Gasteiger partial charge in [-0.1, -0.05) is 12.2 Å². The van der Waals surface area contributed by atoms with Crippen molar-refractivity contribution in [1.29, 1.82) is 0 Å². The zero-order valence-corrected chi connectivity index (χ0v) is 8.97. The fourth-order valence-electron chi connectivity index (χ4n) is 1.69. The van der Waals surface area contributed by atoms with E-state index >= 15 is 0 Å². The maximum absolute atomic E-state index is 8.96. The van der Waals surface area contributed by atoms with Crippen molar-refractivity contribution in [3.63, 3.8) is 0 Å². The summed E-state index contributed by atoms with van der Waals surface area (Å²) < 4.78 is 0. The molecule has 0 atom stereocenters. The second-order valence-corrected chi connectivity index (χ2v) is 4.13. The van der Waals surface area contributed by atoms with Gasteiger partial charge in [-0.05, 0) is 31.8 Å². The summed E-state index contributed by atoms with van der Waals surface area (Å²) in [6, 6.07) is 0. The van der Waals surface area contributed by atoms with Gasteiger partial charge in [-0.2, -0.15) is 12.6 Å². The standard InChI is InChI=1S/C10H19NOS/c1-9(8-13)6-11-4-2-10(7-12)3-5-11/h10,12-13H,1-8H2. The first-order chi connectivity index (χ1) is 6.26. The summed E-state index contributed by atoms with van der Waals surface area (Å²) in [5, 5.41) is 8.96. The summed E-state index contributed by atoms with van der Waals surface area (Å²) in [4.78, 5) is 2.39. The van der Waals surface area contributed by atoms with Crippen molar-refractivity contribution in [1.82, 2.24) is 4.90 Å². The van der Waals surface area contributed by atoms with Crippen LogP contribution in [0.25, 0.3) is 0 Å². The predicted octanol–water partition coefficient (Wildman–Crippen LogP) is 1.18. The monoisotopic (exact) mass is 201 g/mol. The molecule has 0 spiro atoms. The number of hydrogen-bond acceptors (Lipinski definition) is 3. The Kier molecular flexibility index (Phi) is 4.84. The topological polar surface area (TPSA) is 23.5 Å². The lowest BCUT2D eigenvalue weighted by atomic mass is 9.98. The first-order valence-electron chi connectivity index (χ1n) is 4.87. The van der Waals surface area contributed by atoms with E-state index in [-0.39, 0.29) is 0 Å². The highest BCUT2D eigenvalue weighted by molar-refractivity contribution is 7.80. The molecule has 76 valence electrons. The molecule has 13 heavy (non-hydrogen) atoms. The quantitative estimate of drug-likeness (QED) is 0.527. The fourth-order valence-corrected chi connectivity index (χ4v) is 1.79. The number of nitrogens with zero attached hydrogens (tertiary/aromatic N) is 1. The minimum atomic E-state index is 0.349. The van der Waals surface area contributed by atoms with Gasteiger partial charge >= 0.3 is 0 Å². The van der Waals surface area contributed by atoms with Crippen molar-refractivity contribution in [2.24, 2.45) is 5.92 Å². The Morgan fingerprint density at radius 2 is 2.08 bits per heavy atom. The normalized spacial score (nSPS) is 20.5. The van der Waals surface area contributed by atoms with Crippen LogP contribution < -0.4 is 0 Å². The Hall–Kier alpha value is 0.01000.